The SMILES string of the molecule is COc1cc(C=CC(=O)CC(=O)CC(O)c2ccc(O)cc2)ccc1O. The Morgan fingerprint density at radius 3 is 2.46 bits per heavy atom. The van der Waals surface area contributed by atoms with Gasteiger partial charge in [-0.1, -0.05) is 24.3 Å². The van der Waals surface area contributed by atoms with Crippen molar-refractivity contribution in [1.82, 2.24) is 0 Å². The number of carbonyl (C=O) groups is 2. The van der Waals surface area contributed by atoms with Gasteiger partial charge in [0.1, 0.15) is 11.5 Å². The minimum atomic E-state index is -1.03. The van der Waals surface area contributed by atoms with Crippen molar-refractivity contribution >= 4 is 17.6 Å². The second-order valence-electron chi connectivity index (χ2n) is 5.76. The zero-order chi connectivity index (χ0) is 19.1. The third-order valence-electron chi connectivity index (χ3n) is 3.74. The van der Waals surface area contributed by atoms with E-state index in [9.17, 15) is 24.9 Å². The molecule has 0 fully saturated rings. The van der Waals surface area contributed by atoms with Crippen molar-refractivity contribution in [3.05, 3.63) is 59.7 Å². The van der Waals surface area contributed by atoms with E-state index in [0.717, 1.165) is 0 Å². The third-order valence-corrected chi connectivity index (χ3v) is 3.74. The number of hydrogen-bond donors (Lipinski definition) is 3. The number of phenolic OH excluding ortho intramolecular Hbond substituents is 2. The van der Waals surface area contributed by atoms with E-state index >= 15 is 0 Å². The molecule has 3 N–H and O–H groups in total. The predicted octanol–water partition coefficient (Wildman–Crippen LogP) is 2.77. The molecule has 26 heavy (non-hydrogen) atoms. The summed E-state index contributed by atoms with van der Waals surface area (Å²) in [6, 6.07) is 10.5. The van der Waals surface area contributed by atoms with Crippen molar-refractivity contribution in [2.75, 3.05) is 7.11 Å². The average Bonchev–Trinajstić information content (AvgIpc) is 2.61. The minimum absolute atomic E-state index is 0.00521. The summed E-state index contributed by atoms with van der Waals surface area (Å²) < 4.78 is 4.98. The van der Waals surface area contributed by atoms with Gasteiger partial charge >= 0.3 is 0 Å². The molecule has 0 aliphatic heterocycles. The van der Waals surface area contributed by atoms with E-state index in [2.05, 4.69) is 0 Å². The Balaban J connectivity index is 1.90. The summed E-state index contributed by atoms with van der Waals surface area (Å²) in [5.74, 6) is -0.427. The highest BCUT2D eigenvalue weighted by Gasteiger charge is 2.15. The molecule has 6 nitrogen and oxygen atoms in total. The number of carbonyl (C=O) groups excluding carboxylic acids is 2. The molecule has 0 heterocycles. The van der Waals surface area contributed by atoms with Crippen molar-refractivity contribution in [3.63, 3.8) is 0 Å². The van der Waals surface area contributed by atoms with Crippen LogP contribution in [-0.2, 0) is 9.59 Å². The van der Waals surface area contributed by atoms with Crippen LogP contribution in [0.1, 0.15) is 30.1 Å². The number of allylic oxidation sites excluding steroid dienone is 1. The Labute approximate surface area is 151 Å². The topological polar surface area (TPSA) is 104 Å². The largest absolute Gasteiger partial charge is 0.508 e. The molecule has 0 bridgehead atoms. The van der Waals surface area contributed by atoms with Crippen LogP contribution in [0.3, 0.4) is 0 Å². The first-order valence-corrected chi connectivity index (χ1v) is 7.95. The van der Waals surface area contributed by atoms with Crippen LogP contribution in [-0.4, -0.2) is 34.0 Å². The molecule has 0 amide bonds. The van der Waals surface area contributed by atoms with Gasteiger partial charge in [0.25, 0.3) is 0 Å². The summed E-state index contributed by atoms with van der Waals surface area (Å²) in [6.07, 6.45) is 1.27. The van der Waals surface area contributed by atoms with Crippen LogP contribution in [0.25, 0.3) is 6.08 Å². The van der Waals surface area contributed by atoms with Gasteiger partial charge in [-0.15, -0.1) is 0 Å². The predicted molar refractivity (Wildman–Crippen MR) is 96.0 cm³/mol. The summed E-state index contributed by atoms with van der Waals surface area (Å²) in [6.45, 7) is 0. The van der Waals surface area contributed by atoms with Crippen molar-refractivity contribution in [1.29, 1.82) is 0 Å². The van der Waals surface area contributed by atoms with Crippen LogP contribution in [0.2, 0.25) is 0 Å². The van der Waals surface area contributed by atoms with E-state index in [1.807, 2.05) is 0 Å². The van der Waals surface area contributed by atoms with Crippen LogP contribution >= 0.6 is 0 Å². The molecule has 0 spiro atoms. The first-order valence-electron chi connectivity index (χ1n) is 7.95. The number of ether oxygens (including phenoxy) is 1. The molecule has 1 atom stereocenters. The average molecular weight is 356 g/mol. The Bertz CT molecular complexity index is 808. The maximum absolute atomic E-state index is 11.9. The van der Waals surface area contributed by atoms with Crippen LogP contribution in [0.15, 0.2) is 48.5 Å². The molecule has 0 saturated carbocycles. The lowest BCUT2D eigenvalue weighted by Crippen LogP contribution is -2.10. The van der Waals surface area contributed by atoms with Crippen LogP contribution in [0.5, 0.6) is 17.2 Å². The zero-order valence-corrected chi connectivity index (χ0v) is 14.3. The van der Waals surface area contributed by atoms with Gasteiger partial charge in [-0.2, -0.15) is 0 Å². The lowest BCUT2D eigenvalue weighted by molar-refractivity contribution is -0.126. The minimum Gasteiger partial charge on any atom is -0.508 e. The van der Waals surface area contributed by atoms with Crippen molar-refractivity contribution in [3.8, 4) is 17.2 Å². The lowest BCUT2D eigenvalue weighted by Gasteiger charge is -2.09. The summed E-state index contributed by atoms with van der Waals surface area (Å²) >= 11 is 0. The number of aromatic hydroxyl groups is 2. The maximum Gasteiger partial charge on any atom is 0.163 e. The quantitative estimate of drug-likeness (QED) is 0.496. The molecular weight excluding hydrogens is 336 g/mol. The molecule has 0 aromatic heterocycles. The molecule has 0 aliphatic carbocycles. The van der Waals surface area contributed by atoms with Crippen molar-refractivity contribution < 1.29 is 29.6 Å². The first kappa shape index (κ1) is 19.2. The number of aliphatic hydroxyl groups excluding tert-OH is 1. The number of ketones is 2. The summed E-state index contributed by atoms with van der Waals surface area (Å²) in [7, 11) is 1.42. The fourth-order valence-electron chi connectivity index (χ4n) is 2.34. The third kappa shape index (κ3) is 5.46. The molecular formula is C20H20O6. The molecule has 6 heteroatoms. The molecule has 136 valence electrons. The van der Waals surface area contributed by atoms with Gasteiger partial charge in [0.2, 0.25) is 0 Å². The Hall–Kier alpha value is -3.12. The number of methoxy groups -OCH3 is 1. The lowest BCUT2D eigenvalue weighted by atomic mass is 10.0. The van der Waals surface area contributed by atoms with E-state index < -0.39 is 6.10 Å². The smallest absolute Gasteiger partial charge is 0.163 e. The van der Waals surface area contributed by atoms with E-state index in [-0.39, 0.29) is 41.7 Å². The number of rotatable bonds is 8. The van der Waals surface area contributed by atoms with Crippen molar-refractivity contribution in [2.24, 2.45) is 0 Å². The second kappa shape index (κ2) is 8.82. The normalized spacial score (nSPS) is 12.1. The van der Waals surface area contributed by atoms with Gasteiger partial charge in [-0.25, -0.2) is 0 Å². The van der Waals surface area contributed by atoms with Gasteiger partial charge < -0.3 is 20.1 Å². The molecule has 2 aromatic rings. The van der Waals surface area contributed by atoms with Crippen LogP contribution < -0.4 is 4.74 Å². The molecule has 2 aromatic carbocycles. The van der Waals surface area contributed by atoms with Gasteiger partial charge in [0, 0.05) is 6.42 Å². The highest BCUT2D eigenvalue weighted by molar-refractivity contribution is 6.06. The molecule has 2 rings (SSSR count). The van der Waals surface area contributed by atoms with Gasteiger partial charge in [-0.05, 0) is 41.5 Å². The van der Waals surface area contributed by atoms with Crippen molar-refractivity contribution in [2.45, 2.75) is 18.9 Å². The molecule has 0 aliphatic rings. The van der Waals surface area contributed by atoms with E-state index in [4.69, 9.17) is 4.74 Å². The monoisotopic (exact) mass is 356 g/mol. The van der Waals surface area contributed by atoms with E-state index in [1.54, 1.807) is 12.1 Å². The number of Topliss-reactive ketones (excluding diaryl/α,β-unsaturated/α-hetero) is 1. The first-order chi connectivity index (χ1) is 12.4. The number of aliphatic hydroxyl groups is 1. The highest BCUT2D eigenvalue weighted by atomic mass is 16.5. The fourth-order valence-corrected chi connectivity index (χ4v) is 2.34. The zero-order valence-electron chi connectivity index (χ0n) is 14.3. The Morgan fingerprint density at radius 2 is 1.81 bits per heavy atom. The van der Waals surface area contributed by atoms with Gasteiger partial charge in [0.15, 0.2) is 17.3 Å². The van der Waals surface area contributed by atoms with Gasteiger partial charge in [0.05, 0.1) is 19.6 Å². The Kier molecular flexibility index (Phi) is 6.52. The molecule has 0 saturated heterocycles. The molecule has 1 unspecified atom stereocenters. The van der Waals surface area contributed by atoms with Gasteiger partial charge in [-0.3, -0.25) is 9.59 Å². The number of benzene rings is 2. The number of phenols is 2. The summed E-state index contributed by atoms with van der Waals surface area (Å²) in [5, 5.41) is 28.8. The van der Waals surface area contributed by atoms with E-state index in [0.29, 0.717) is 11.1 Å². The second-order valence-corrected chi connectivity index (χ2v) is 5.76. The van der Waals surface area contributed by atoms with Crippen LogP contribution in [0.4, 0.5) is 0 Å². The standard InChI is InChI=1S/C20H20O6/c1-26-20-10-13(3-9-18(20)24)2-6-16(22)11-17(23)12-19(25)14-4-7-15(21)8-5-14/h2-10,19,21,24-25H,11-12H2,1H3. The van der Waals surface area contributed by atoms with Crippen LogP contribution in [0, 0.1) is 0 Å². The Morgan fingerprint density at radius 1 is 1.12 bits per heavy atom. The number of hydrogen-bond acceptors (Lipinski definition) is 6. The summed E-state index contributed by atoms with van der Waals surface area (Å²) in [5.41, 5.74) is 1.14. The highest BCUT2D eigenvalue weighted by Crippen LogP contribution is 2.26. The fraction of sp³-hybridized carbons (Fsp3) is 0.200. The molecule has 0 radical (unpaired) electrons. The van der Waals surface area contributed by atoms with E-state index in [1.165, 1.54) is 49.6 Å². The maximum atomic E-state index is 11.9. The summed E-state index contributed by atoms with van der Waals surface area (Å²) in [4.78, 5) is 23.9.